The van der Waals surface area contributed by atoms with Crippen LogP contribution >= 0.6 is 0 Å². The molecule has 0 saturated heterocycles. The number of aryl methyl sites for hydroxylation is 1. The van der Waals surface area contributed by atoms with E-state index in [4.69, 9.17) is 9.94 Å². The molecule has 1 aliphatic carbocycles. The molecule has 4 heteroatoms. The van der Waals surface area contributed by atoms with E-state index in [-0.39, 0.29) is 5.56 Å². The molecule has 2 rings (SSSR count). The van der Waals surface area contributed by atoms with Crippen molar-refractivity contribution in [3.63, 3.8) is 0 Å². The summed E-state index contributed by atoms with van der Waals surface area (Å²) in [5, 5.41) is 7.88. The Hall–Kier alpha value is -1.29. The van der Waals surface area contributed by atoms with E-state index < -0.39 is 0 Å². The molecule has 25 heavy (non-hydrogen) atoms. The lowest BCUT2D eigenvalue weighted by atomic mass is 9.86. The Bertz CT molecular complexity index is 461. The number of aromatic nitrogens is 1. The minimum absolute atomic E-state index is 0.0527. The first-order valence-electron chi connectivity index (χ1n) is 9.94. The Balaban J connectivity index is 0. The van der Waals surface area contributed by atoms with Crippen molar-refractivity contribution in [1.82, 2.24) is 4.73 Å². The summed E-state index contributed by atoms with van der Waals surface area (Å²) in [4.78, 5) is 17.0. The van der Waals surface area contributed by atoms with Gasteiger partial charge in [-0.3, -0.25) is 4.79 Å². The molecule has 0 amide bonds. The molecule has 0 unspecified atom stereocenters. The Morgan fingerprint density at radius 3 is 2.00 bits per heavy atom. The van der Waals surface area contributed by atoms with Crippen LogP contribution in [0.15, 0.2) is 16.9 Å². The molecule has 0 aromatic carbocycles. The first kappa shape index (κ1) is 25.9. The molecule has 4 nitrogen and oxygen atoms in total. The minimum atomic E-state index is -0.0527. The third kappa shape index (κ3) is 11.0. The predicted molar refractivity (Wildman–Crippen MR) is 108 cm³/mol. The third-order valence-electron chi connectivity index (χ3n) is 3.59. The average molecular weight is 356 g/mol. The van der Waals surface area contributed by atoms with Crippen LogP contribution in [-0.2, 0) is 0 Å². The van der Waals surface area contributed by atoms with E-state index in [1.807, 2.05) is 27.7 Å². The van der Waals surface area contributed by atoms with Gasteiger partial charge in [0.2, 0.25) is 0 Å². The van der Waals surface area contributed by atoms with Crippen LogP contribution in [0.5, 0.6) is 0 Å². The lowest BCUT2D eigenvalue weighted by Gasteiger charge is -2.24. The van der Waals surface area contributed by atoms with Crippen LogP contribution in [0.25, 0.3) is 0 Å². The van der Waals surface area contributed by atoms with E-state index in [2.05, 4.69) is 19.9 Å². The molecule has 1 aromatic rings. The van der Waals surface area contributed by atoms with E-state index in [0.29, 0.717) is 12.5 Å². The molecule has 1 fully saturated rings. The van der Waals surface area contributed by atoms with Crippen LogP contribution in [0.2, 0.25) is 0 Å². The van der Waals surface area contributed by atoms with E-state index in [1.165, 1.54) is 43.3 Å². The number of rotatable bonds is 3. The topological polar surface area (TPSA) is 51.5 Å². The Labute approximate surface area is 155 Å². The molecular weight excluding hydrogens is 314 g/mol. The first-order chi connectivity index (χ1) is 12.0. The summed E-state index contributed by atoms with van der Waals surface area (Å²) in [5.41, 5.74) is 2.02. The Morgan fingerprint density at radius 1 is 1.12 bits per heavy atom. The largest absolute Gasteiger partial charge is 0.414 e. The molecule has 0 atom stereocenters. The monoisotopic (exact) mass is 355 g/mol. The van der Waals surface area contributed by atoms with E-state index in [9.17, 15) is 4.79 Å². The highest BCUT2D eigenvalue weighted by atomic mass is 16.6. The number of aliphatic hydroxyl groups excluding tert-OH is 1. The van der Waals surface area contributed by atoms with Gasteiger partial charge in [-0.25, -0.2) is 0 Å². The molecule has 1 N–H and O–H groups in total. The molecule has 0 aliphatic heterocycles. The molecular formula is C21H41NO3. The number of hydrogen-bond donors (Lipinski definition) is 1. The minimum Gasteiger partial charge on any atom is -0.414 e. The molecule has 1 aromatic heterocycles. The van der Waals surface area contributed by atoms with E-state index in [0.717, 1.165) is 17.7 Å². The fraction of sp³-hybridized carbons (Fsp3) is 0.762. The maximum atomic E-state index is 11.8. The lowest BCUT2D eigenvalue weighted by molar-refractivity contribution is 0.141. The van der Waals surface area contributed by atoms with Gasteiger partial charge in [-0.15, -0.1) is 4.73 Å². The van der Waals surface area contributed by atoms with Crippen molar-refractivity contribution in [3.05, 3.63) is 33.7 Å². The fourth-order valence-electron chi connectivity index (χ4n) is 2.59. The van der Waals surface area contributed by atoms with Gasteiger partial charge in [-0.1, -0.05) is 60.3 Å². The smallest absolute Gasteiger partial charge is 0.283 e. The fourth-order valence-corrected chi connectivity index (χ4v) is 2.59. The number of pyridine rings is 1. The average Bonchev–Trinajstić information content (AvgIpc) is 2.64. The van der Waals surface area contributed by atoms with Gasteiger partial charge in [-0.05, 0) is 37.8 Å². The van der Waals surface area contributed by atoms with Crippen molar-refractivity contribution in [2.45, 2.75) is 92.4 Å². The molecule has 0 bridgehead atoms. The maximum Gasteiger partial charge on any atom is 0.283 e. The zero-order valence-corrected chi connectivity index (χ0v) is 17.6. The SMILES string of the molecule is CC.CCC.CCCO.COn1c(C2CCCCC2)cc(C)cc1=O. The van der Waals surface area contributed by atoms with Crippen molar-refractivity contribution in [2.75, 3.05) is 13.7 Å². The molecule has 1 heterocycles. The van der Waals surface area contributed by atoms with Crippen LogP contribution in [0.4, 0.5) is 0 Å². The second-order valence-corrected chi connectivity index (χ2v) is 6.04. The van der Waals surface area contributed by atoms with Crippen molar-refractivity contribution < 1.29 is 9.94 Å². The van der Waals surface area contributed by atoms with Gasteiger partial charge in [0.1, 0.15) is 7.11 Å². The van der Waals surface area contributed by atoms with Crippen LogP contribution in [0.3, 0.4) is 0 Å². The summed E-state index contributed by atoms with van der Waals surface area (Å²) in [5.74, 6) is 0.487. The van der Waals surface area contributed by atoms with E-state index >= 15 is 0 Å². The van der Waals surface area contributed by atoms with Gasteiger partial charge in [0.05, 0.1) is 5.69 Å². The molecule has 0 radical (unpaired) electrons. The van der Waals surface area contributed by atoms with Crippen molar-refractivity contribution in [1.29, 1.82) is 0 Å². The summed E-state index contributed by atoms with van der Waals surface area (Å²) < 4.78 is 1.45. The third-order valence-corrected chi connectivity index (χ3v) is 3.59. The zero-order valence-electron chi connectivity index (χ0n) is 17.6. The maximum absolute atomic E-state index is 11.8. The van der Waals surface area contributed by atoms with Gasteiger partial charge in [-0.2, -0.15) is 0 Å². The Kier molecular flexibility index (Phi) is 18.2. The van der Waals surface area contributed by atoms with Gasteiger partial charge in [0.25, 0.3) is 5.56 Å². The van der Waals surface area contributed by atoms with E-state index in [1.54, 1.807) is 13.2 Å². The van der Waals surface area contributed by atoms with Gasteiger partial charge < -0.3 is 9.94 Å². The summed E-state index contributed by atoms with van der Waals surface area (Å²) in [7, 11) is 1.56. The van der Waals surface area contributed by atoms with Crippen LogP contribution < -0.4 is 10.4 Å². The summed E-state index contributed by atoms with van der Waals surface area (Å²) in [6.45, 7) is 12.5. The quantitative estimate of drug-likeness (QED) is 0.821. The van der Waals surface area contributed by atoms with Gasteiger partial charge in [0, 0.05) is 18.6 Å². The summed E-state index contributed by atoms with van der Waals surface area (Å²) in [6.07, 6.45) is 8.31. The standard InChI is InChI=1S/C13H19NO2.C3H8O.C3H8.C2H6/c1-10-8-12(11-6-4-3-5-7-11)14(16-2)13(15)9-10;1-2-3-4;1-3-2;1-2/h8-9,11H,3-7H2,1-2H3;4H,2-3H2,1H3;3H2,1-2H3;1-2H3. The van der Waals surface area contributed by atoms with Gasteiger partial charge >= 0.3 is 0 Å². The van der Waals surface area contributed by atoms with Crippen LogP contribution in [0.1, 0.15) is 96.7 Å². The van der Waals surface area contributed by atoms with Crippen LogP contribution in [-0.4, -0.2) is 23.6 Å². The van der Waals surface area contributed by atoms with Crippen molar-refractivity contribution in [2.24, 2.45) is 0 Å². The molecule has 1 saturated carbocycles. The normalized spacial score (nSPS) is 13.3. The highest BCUT2D eigenvalue weighted by Crippen LogP contribution is 2.31. The summed E-state index contributed by atoms with van der Waals surface area (Å²) >= 11 is 0. The predicted octanol–water partition coefficient (Wildman–Crippen LogP) is 5.09. The van der Waals surface area contributed by atoms with Crippen molar-refractivity contribution in [3.8, 4) is 0 Å². The number of nitrogens with zero attached hydrogens (tertiary/aromatic N) is 1. The zero-order chi connectivity index (χ0) is 19.7. The lowest BCUT2D eigenvalue weighted by Crippen LogP contribution is -2.29. The molecule has 1 aliphatic rings. The van der Waals surface area contributed by atoms with Gasteiger partial charge in [0.15, 0.2) is 0 Å². The number of hydrogen-bond acceptors (Lipinski definition) is 3. The number of aliphatic hydroxyl groups is 1. The van der Waals surface area contributed by atoms with Crippen LogP contribution in [0, 0.1) is 6.92 Å². The second-order valence-electron chi connectivity index (χ2n) is 6.04. The Morgan fingerprint density at radius 2 is 1.60 bits per heavy atom. The highest BCUT2D eigenvalue weighted by Gasteiger charge is 2.20. The molecule has 0 spiro atoms. The van der Waals surface area contributed by atoms with Crippen molar-refractivity contribution >= 4 is 0 Å². The highest BCUT2D eigenvalue weighted by molar-refractivity contribution is 5.19. The summed E-state index contributed by atoms with van der Waals surface area (Å²) in [6, 6.07) is 3.71. The first-order valence-corrected chi connectivity index (χ1v) is 9.94. The second kappa shape index (κ2) is 17.5. The molecule has 148 valence electrons.